The van der Waals surface area contributed by atoms with Crippen LogP contribution in [0.5, 0.6) is 0 Å². The molecule has 0 aromatic heterocycles. The summed E-state index contributed by atoms with van der Waals surface area (Å²) in [6.07, 6.45) is 6.24. The lowest BCUT2D eigenvalue weighted by Gasteiger charge is -2.38. The van der Waals surface area contributed by atoms with Gasteiger partial charge < -0.3 is 20.3 Å². The van der Waals surface area contributed by atoms with Gasteiger partial charge in [0, 0.05) is 25.2 Å². The summed E-state index contributed by atoms with van der Waals surface area (Å²) < 4.78 is 4.80. The molecule has 226 valence electrons. The molecule has 3 unspecified atom stereocenters. The van der Waals surface area contributed by atoms with Gasteiger partial charge in [0.25, 0.3) is 0 Å². The molecule has 3 atom stereocenters. The van der Waals surface area contributed by atoms with Gasteiger partial charge in [-0.3, -0.25) is 19.3 Å². The third-order valence-corrected chi connectivity index (χ3v) is 6.64. The molecule has 1 heterocycles. The molecule has 1 aliphatic heterocycles. The monoisotopic (exact) mass is 552 g/mol. The van der Waals surface area contributed by atoms with Gasteiger partial charge in [0.2, 0.25) is 17.7 Å². The van der Waals surface area contributed by atoms with Crippen molar-refractivity contribution in [3.05, 3.63) is 11.6 Å². The van der Waals surface area contributed by atoms with Crippen molar-refractivity contribution in [1.82, 2.24) is 20.4 Å². The lowest BCUT2D eigenvalue weighted by atomic mass is 9.97. The van der Waals surface area contributed by atoms with Gasteiger partial charge in [-0.1, -0.05) is 60.5 Å². The highest BCUT2D eigenvalue weighted by molar-refractivity contribution is 5.96. The van der Waals surface area contributed by atoms with E-state index in [1.54, 1.807) is 20.0 Å². The van der Waals surface area contributed by atoms with Gasteiger partial charge in [0.1, 0.15) is 12.1 Å². The summed E-state index contributed by atoms with van der Waals surface area (Å²) in [5.41, 5.74) is 0.396. The summed E-state index contributed by atoms with van der Waals surface area (Å²) in [5.74, 6) is -1.07. The number of hydrogen-bond acceptors (Lipinski definition) is 6. The molecule has 0 bridgehead atoms. The smallest absolute Gasteiger partial charge is 0.328 e. The maximum atomic E-state index is 13.2. The molecule has 0 aromatic rings. The van der Waals surface area contributed by atoms with Crippen LogP contribution in [0.2, 0.25) is 0 Å². The molecule has 9 nitrogen and oxygen atoms in total. The van der Waals surface area contributed by atoms with Crippen molar-refractivity contribution in [1.29, 1.82) is 0 Å². The molecule has 1 rings (SSSR count). The highest BCUT2D eigenvalue weighted by Gasteiger charge is 2.34. The van der Waals surface area contributed by atoms with Crippen LogP contribution in [0.4, 0.5) is 0 Å². The van der Waals surface area contributed by atoms with E-state index >= 15 is 0 Å². The fourth-order valence-corrected chi connectivity index (χ4v) is 4.41. The Morgan fingerprint density at radius 3 is 2.10 bits per heavy atom. The van der Waals surface area contributed by atoms with E-state index in [0.717, 1.165) is 25.8 Å². The summed E-state index contributed by atoms with van der Waals surface area (Å²) in [7, 11) is 2.95. The van der Waals surface area contributed by atoms with E-state index in [1.165, 1.54) is 18.4 Å². The van der Waals surface area contributed by atoms with Crippen molar-refractivity contribution in [2.75, 3.05) is 27.2 Å². The minimum absolute atomic E-state index is 0.0924. The van der Waals surface area contributed by atoms with Gasteiger partial charge >= 0.3 is 5.97 Å². The molecular weight excluding hydrogens is 496 g/mol. The predicted octanol–water partition coefficient (Wildman–Crippen LogP) is 3.92. The quantitative estimate of drug-likeness (QED) is 0.281. The number of carbonyl (C=O) groups is 4. The maximum absolute atomic E-state index is 13.2. The SMILES string of the molecule is CCC.COC(=O)C(CC(C)C)NC(=O)/C(C)=C/CN(C)C(=O)C(NC(=O)C1CCCCN1C(C)C)C(C)C. The number of piperidine rings is 1. The van der Waals surface area contributed by atoms with Gasteiger partial charge in [-0.15, -0.1) is 0 Å². The number of carbonyl (C=O) groups excluding carboxylic acids is 4. The summed E-state index contributed by atoms with van der Waals surface area (Å²) in [6.45, 7) is 18.9. The number of nitrogens with one attached hydrogen (secondary N) is 2. The third kappa shape index (κ3) is 13.0. The Hall–Kier alpha value is -2.42. The van der Waals surface area contributed by atoms with E-state index in [4.69, 9.17) is 4.74 Å². The van der Waals surface area contributed by atoms with Crippen LogP contribution in [0, 0.1) is 11.8 Å². The van der Waals surface area contributed by atoms with E-state index in [0.29, 0.717) is 12.0 Å². The zero-order valence-electron chi connectivity index (χ0n) is 26.4. The van der Waals surface area contributed by atoms with Crippen molar-refractivity contribution in [3.8, 4) is 0 Å². The lowest BCUT2D eigenvalue weighted by Crippen LogP contribution is -2.57. The Kier molecular flexibility index (Phi) is 17.6. The average molecular weight is 553 g/mol. The number of likely N-dealkylation sites (tertiary alicyclic amines) is 1. The number of amides is 3. The first kappa shape index (κ1) is 36.6. The molecule has 0 aliphatic carbocycles. The molecule has 0 aromatic carbocycles. The number of methoxy groups -OCH3 is 1. The van der Waals surface area contributed by atoms with E-state index in [9.17, 15) is 19.2 Å². The Balaban J connectivity index is 0.00000458. The second-order valence-corrected chi connectivity index (χ2v) is 11.6. The van der Waals surface area contributed by atoms with Crippen molar-refractivity contribution in [2.45, 2.75) is 119 Å². The standard InChI is InChI=1S/C27H48N4O5.C3H8/c1-17(2)16-21(27(35)36-9)28-24(32)20(7)13-15-30(8)26(34)23(18(3)4)29-25(33)22-12-10-11-14-31(22)19(5)6;1-3-2/h13,17-19,21-23H,10-12,14-16H2,1-9H3,(H,28,32)(H,29,33);3H2,1-2H3/b20-13+;. The number of ether oxygens (including phenoxy) is 1. The zero-order valence-corrected chi connectivity index (χ0v) is 26.4. The van der Waals surface area contributed by atoms with Crippen molar-refractivity contribution < 1.29 is 23.9 Å². The largest absolute Gasteiger partial charge is 0.467 e. The zero-order chi connectivity index (χ0) is 30.3. The molecule has 1 aliphatic rings. The second kappa shape index (κ2) is 18.8. The fourth-order valence-electron chi connectivity index (χ4n) is 4.41. The first-order valence-corrected chi connectivity index (χ1v) is 14.6. The molecule has 1 fully saturated rings. The van der Waals surface area contributed by atoms with Crippen LogP contribution in [0.25, 0.3) is 0 Å². The van der Waals surface area contributed by atoms with Crippen molar-refractivity contribution >= 4 is 23.7 Å². The van der Waals surface area contributed by atoms with Crippen LogP contribution >= 0.6 is 0 Å². The number of esters is 1. The fraction of sp³-hybridized carbons (Fsp3) is 0.800. The molecule has 9 heteroatoms. The molecule has 0 radical (unpaired) electrons. The van der Waals surface area contributed by atoms with E-state index in [2.05, 4.69) is 43.2 Å². The van der Waals surface area contributed by atoms with Gasteiger partial charge in [-0.05, 0) is 58.4 Å². The normalized spacial score (nSPS) is 17.7. The van der Waals surface area contributed by atoms with E-state index in [1.807, 2.05) is 27.7 Å². The number of rotatable bonds is 12. The first-order valence-electron chi connectivity index (χ1n) is 14.6. The summed E-state index contributed by atoms with van der Waals surface area (Å²) in [5, 5.41) is 5.72. The number of likely N-dealkylation sites (N-methyl/N-ethyl adjacent to an activating group) is 1. The van der Waals surface area contributed by atoms with E-state index in [-0.39, 0.29) is 48.2 Å². The predicted molar refractivity (Wildman–Crippen MR) is 157 cm³/mol. The van der Waals surface area contributed by atoms with Gasteiger partial charge in [-0.2, -0.15) is 0 Å². The first-order chi connectivity index (χ1) is 18.2. The van der Waals surface area contributed by atoms with Crippen molar-refractivity contribution in [2.24, 2.45) is 11.8 Å². The third-order valence-electron chi connectivity index (χ3n) is 6.64. The number of nitrogens with zero attached hydrogens (tertiary/aromatic N) is 2. The number of hydrogen-bond donors (Lipinski definition) is 2. The minimum atomic E-state index is -0.726. The van der Waals surface area contributed by atoms with Crippen LogP contribution < -0.4 is 10.6 Å². The van der Waals surface area contributed by atoms with Gasteiger partial charge in [0.05, 0.1) is 13.2 Å². The lowest BCUT2D eigenvalue weighted by molar-refractivity contribution is -0.145. The minimum Gasteiger partial charge on any atom is -0.467 e. The van der Waals surface area contributed by atoms with Crippen LogP contribution in [-0.4, -0.2) is 84.9 Å². The highest BCUT2D eigenvalue weighted by Crippen LogP contribution is 2.20. The van der Waals surface area contributed by atoms with E-state index < -0.39 is 18.1 Å². The molecular formula is C30H56N4O5. The summed E-state index contributed by atoms with van der Waals surface area (Å²) >= 11 is 0. The molecule has 39 heavy (non-hydrogen) atoms. The molecule has 0 spiro atoms. The average Bonchev–Trinajstić information content (AvgIpc) is 2.88. The van der Waals surface area contributed by atoms with Crippen LogP contribution in [0.1, 0.15) is 94.4 Å². The molecule has 0 saturated carbocycles. The Morgan fingerprint density at radius 2 is 1.62 bits per heavy atom. The van der Waals surface area contributed by atoms with Crippen molar-refractivity contribution in [3.63, 3.8) is 0 Å². The van der Waals surface area contributed by atoms with Crippen LogP contribution in [0.3, 0.4) is 0 Å². The van der Waals surface area contributed by atoms with Gasteiger partial charge in [0.15, 0.2) is 0 Å². The Morgan fingerprint density at radius 1 is 1.03 bits per heavy atom. The molecule has 1 saturated heterocycles. The molecule has 3 amide bonds. The summed E-state index contributed by atoms with van der Waals surface area (Å²) in [4.78, 5) is 54.7. The maximum Gasteiger partial charge on any atom is 0.328 e. The summed E-state index contributed by atoms with van der Waals surface area (Å²) in [6, 6.07) is -1.35. The van der Waals surface area contributed by atoms with Crippen LogP contribution in [-0.2, 0) is 23.9 Å². The van der Waals surface area contributed by atoms with Gasteiger partial charge in [-0.25, -0.2) is 4.79 Å². The Bertz CT molecular complexity index is 809. The van der Waals surface area contributed by atoms with Crippen LogP contribution in [0.15, 0.2) is 11.6 Å². The second-order valence-electron chi connectivity index (χ2n) is 11.6. The highest BCUT2D eigenvalue weighted by atomic mass is 16.5. The Labute approximate surface area is 237 Å². The molecule has 2 N–H and O–H groups in total. The topological polar surface area (TPSA) is 108 Å².